The van der Waals surface area contributed by atoms with E-state index in [0.717, 1.165) is 32.9 Å². The number of H-pyrrole nitrogens is 2. The molecule has 7 rings (SSSR count). The summed E-state index contributed by atoms with van der Waals surface area (Å²) in [6.45, 7) is 3.87. The van der Waals surface area contributed by atoms with E-state index in [9.17, 15) is 29.1 Å². The Morgan fingerprint density at radius 2 is 1.28 bits per heavy atom. The van der Waals surface area contributed by atoms with Gasteiger partial charge >= 0.3 is 11.6 Å². The zero-order valence-corrected chi connectivity index (χ0v) is 31.9. The van der Waals surface area contributed by atoms with Crippen molar-refractivity contribution in [3.8, 4) is 5.75 Å². The van der Waals surface area contributed by atoms with Crippen LogP contribution in [0.5, 0.6) is 5.75 Å². The lowest BCUT2D eigenvalue weighted by atomic mass is 10.00. The molecule has 0 spiro atoms. The van der Waals surface area contributed by atoms with Crippen LogP contribution in [0.4, 0.5) is 0 Å². The Morgan fingerprint density at radius 1 is 0.707 bits per heavy atom. The summed E-state index contributed by atoms with van der Waals surface area (Å²) in [6, 6.07) is 26.2. The molecule has 3 heterocycles. The van der Waals surface area contributed by atoms with Crippen molar-refractivity contribution in [1.29, 1.82) is 0 Å². The van der Waals surface area contributed by atoms with Gasteiger partial charge in [-0.2, -0.15) is 0 Å². The number of aromatic amines is 2. The van der Waals surface area contributed by atoms with Crippen molar-refractivity contribution in [2.45, 2.75) is 57.8 Å². The highest BCUT2D eigenvalue weighted by molar-refractivity contribution is 6.00. The number of nitrogens with one attached hydrogen (secondary N) is 5. The fourth-order valence-corrected chi connectivity index (χ4v) is 7.01. The molecule has 3 amide bonds. The second kappa shape index (κ2) is 17.3. The first-order valence-corrected chi connectivity index (χ1v) is 19.0. The van der Waals surface area contributed by atoms with Gasteiger partial charge in [0.15, 0.2) is 0 Å². The van der Waals surface area contributed by atoms with Crippen LogP contribution in [0.25, 0.3) is 32.8 Å². The number of rotatable bonds is 15. The molecule has 13 nitrogen and oxygen atoms in total. The lowest BCUT2D eigenvalue weighted by molar-refractivity contribution is -0.149. The SMILES string of the molecule is CC(C)C[C@H](NC(=O)[C@H](Cc1c[nH]c2ccccc12)NC(=O)[C@H](Cc1c[nH]c2ccccc12)NC(=O)c1cc2ccc(O)cc2oc1=O)C(=O)OCc1ccccc1. The van der Waals surface area contributed by atoms with Gasteiger partial charge in [-0.05, 0) is 59.4 Å². The van der Waals surface area contributed by atoms with Gasteiger partial charge in [0.2, 0.25) is 11.8 Å². The van der Waals surface area contributed by atoms with Crippen LogP contribution >= 0.6 is 0 Å². The van der Waals surface area contributed by atoms with E-state index in [1.807, 2.05) is 92.7 Å². The summed E-state index contributed by atoms with van der Waals surface area (Å²) in [7, 11) is 0. The maximum Gasteiger partial charge on any atom is 0.349 e. The Labute approximate surface area is 332 Å². The van der Waals surface area contributed by atoms with Crippen molar-refractivity contribution < 1.29 is 33.4 Å². The monoisotopic (exact) mass is 781 g/mol. The molecule has 0 bridgehead atoms. The Bertz CT molecular complexity index is 2660. The van der Waals surface area contributed by atoms with Gasteiger partial charge < -0.3 is 40.2 Å². The summed E-state index contributed by atoms with van der Waals surface area (Å²) in [5.41, 5.74) is 2.64. The average molecular weight is 782 g/mol. The predicted octanol–water partition coefficient (Wildman–Crippen LogP) is 5.80. The highest BCUT2D eigenvalue weighted by Gasteiger charge is 2.32. The van der Waals surface area contributed by atoms with Crippen LogP contribution in [0.15, 0.2) is 125 Å². The second-order valence-electron chi connectivity index (χ2n) is 14.7. The third-order valence-corrected chi connectivity index (χ3v) is 9.95. The Hall–Kier alpha value is -7.15. The van der Waals surface area contributed by atoms with Crippen LogP contribution in [0.1, 0.15) is 47.3 Å². The highest BCUT2D eigenvalue weighted by atomic mass is 16.5. The minimum atomic E-state index is -1.29. The van der Waals surface area contributed by atoms with Crippen LogP contribution in [0.2, 0.25) is 0 Å². The maximum absolute atomic E-state index is 14.5. The fourth-order valence-electron chi connectivity index (χ4n) is 7.01. The van der Waals surface area contributed by atoms with E-state index >= 15 is 0 Å². The highest BCUT2D eigenvalue weighted by Crippen LogP contribution is 2.23. The van der Waals surface area contributed by atoms with Gasteiger partial charge in [0, 0.05) is 58.5 Å². The number of hydrogen-bond acceptors (Lipinski definition) is 8. The van der Waals surface area contributed by atoms with Crippen molar-refractivity contribution in [3.63, 3.8) is 0 Å². The van der Waals surface area contributed by atoms with Crippen LogP contribution in [-0.4, -0.2) is 56.9 Å². The fraction of sp³-hybridized carbons (Fsp3) is 0.222. The van der Waals surface area contributed by atoms with Crippen molar-refractivity contribution >= 4 is 56.5 Å². The largest absolute Gasteiger partial charge is 0.508 e. The summed E-state index contributed by atoms with van der Waals surface area (Å²) < 4.78 is 11.0. The Morgan fingerprint density at radius 3 is 1.90 bits per heavy atom. The molecule has 0 aliphatic carbocycles. The molecule has 0 radical (unpaired) electrons. The van der Waals surface area contributed by atoms with E-state index in [1.165, 1.54) is 24.3 Å². The quantitative estimate of drug-likeness (QED) is 0.0554. The maximum atomic E-state index is 14.5. The average Bonchev–Trinajstić information content (AvgIpc) is 3.82. The van der Waals surface area contributed by atoms with Crippen molar-refractivity contribution in [3.05, 3.63) is 148 Å². The number of benzene rings is 4. The molecule has 0 saturated carbocycles. The molecule has 6 N–H and O–H groups in total. The van der Waals surface area contributed by atoms with Gasteiger partial charge in [-0.1, -0.05) is 80.6 Å². The van der Waals surface area contributed by atoms with Gasteiger partial charge in [-0.25, -0.2) is 9.59 Å². The number of ether oxygens (including phenoxy) is 1. The summed E-state index contributed by atoms with van der Waals surface area (Å²) in [4.78, 5) is 75.6. The summed E-state index contributed by atoms with van der Waals surface area (Å²) in [5, 5.41) is 20.3. The third-order valence-electron chi connectivity index (χ3n) is 9.95. The number of fused-ring (bicyclic) bond motifs is 3. The molecule has 3 atom stereocenters. The first-order chi connectivity index (χ1) is 28.0. The molecule has 0 unspecified atom stereocenters. The van der Waals surface area contributed by atoms with Crippen molar-refractivity contribution in [1.82, 2.24) is 25.9 Å². The number of phenolic OH excluding ortho intramolecular Hbond substituents is 1. The predicted molar refractivity (Wildman–Crippen MR) is 219 cm³/mol. The molecule has 296 valence electrons. The number of carbonyl (C=O) groups is 4. The minimum absolute atomic E-state index is 0.00503. The molecule has 7 aromatic rings. The first kappa shape index (κ1) is 39.1. The lowest BCUT2D eigenvalue weighted by Crippen LogP contribution is -2.57. The van der Waals surface area contributed by atoms with Crippen molar-refractivity contribution in [2.75, 3.05) is 0 Å². The number of esters is 1. The van der Waals surface area contributed by atoms with Crippen LogP contribution in [-0.2, 0) is 38.6 Å². The number of aromatic hydroxyl groups is 1. The summed E-state index contributed by atoms with van der Waals surface area (Å²) >= 11 is 0. The van der Waals surface area contributed by atoms with E-state index in [0.29, 0.717) is 10.9 Å². The van der Waals surface area contributed by atoms with Crippen LogP contribution in [0, 0.1) is 5.92 Å². The van der Waals surface area contributed by atoms with Gasteiger partial charge in [0.25, 0.3) is 5.91 Å². The van der Waals surface area contributed by atoms with E-state index in [-0.39, 0.29) is 48.7 Å². The molecular formula is C45H43N5O8. The molecule has 58 heavy (non-hydrogen) atoms. The van der Waals surface area contributed by atoms with Crippen molar-refractivity contribution in [2.24, 2.45) is 5.92 Å². The number of hydrogen-bond donors (Lipinski definition) is 6. The molecule has 3 aromatic heterocycles. The molecule has 13 heteroatoms. The smallest absolute Gasteiger partial charge is 0.349 e. The number of amides is 3. The third kappa shape index (κ3) is 9.10. The van der Waals surface area contributed by atoms with E-state index in [1.54, 1.807) is 12.4 Å². The Balaban J connectivity index is 1.19. The van der Waals surface area contributed by atoms with Gasteiger partial charge in [0.1, 0.15) is 41.6 Å². The van der Waals surface area contributed by atoms with Gasteiger partial charge in [0.05, 0.1) is 0 Å². The topological polar surface area (TPSA) is 196 Å². The minimum Gasteiger partial charge on any atom is -0.508 e. The molecular weight excluding hydrogens is 739 g/mol. The number of para-hydroxylation sites is 2. The lowest BCUT2D eigenvalue weighted by Gasteiger charge is -2.26. The van der Waals surface area contributed by atoms with Gasteiger partial charge in [-0.15, -0.1) is 0 Å². The van der Waals surface area contributed by atoms with E-state index < -0.39 is 47.4 Å². The first-order valence-electron chi connectivity index (χ1n) is 19.0. The number of phenols is 1. The molecule has 0 aliphatic heterocycles. The van der Waals surface area contributed by atoms with Crippen LogP contribution < -0.4 is 21.6 Å². The summed E-state index contributed by atoms with van der Waals surface area (Å²) in [5.74, 6) is -2.94. The normalized spacial score (nSPS) is 12.9. The van der Waals surface area contributed by atoms with E-state index in [4.69, 9.17) is 9.15 Å². The zero-order chi connectivity index (χ0) is 40.8. The molecule has 0 fully saturated rings. The second-order valence-corrected chi connectivity index (χ2v) is 14.7. The van der Waals surface area contributed by atoms with Gasteiger partial charge in [-0.3, -0.25) is 14.4 Å². The molecule has 4 aromatic carbocycles. The zero-order valence-electron chi connectivity index (χ0n) is 31.9. The summed E-state index contributed by atoms with van der Waals surface area (Å²) in [6.07, 6.45) is 3.80. The van der Waals surface area contributed by atoms with Crippen LogP contribution in [0.3, 0.4) is 0 Å². The molecule has 0 aliphatic rings. The Kier molecular flexibility index (Phi) is 11.7. The van der Waals surface area contributed by atoms with E-state index in [2.05, 4.69) is 25.9 Å². The number of aromatic nitrogens is 2. The molecule has 0 saturated heterocycles. The number of carbonyl (C=O) groups excluding carboxylic acids is 4. The standard InChI is InChI=1S/C45H43N5O8/c1-26(2)18-39(45(56)57-25-27-10-4-3-5-11-27)50-43(54)38(21-30-24-47-36-15-9-7-13-33(30)36)49-42(53)37(20-29-23-46-35-14-8-6-12-32(29)35)48-41(52)34-19-28-16-17-31(51)22-40(28)58-44(34)55/h3-17,19,22-24,26,37-39,46-47,51H,18,20-21,25H2,1-2H3,(H,48,52)(H,49,53)(H,50,54)/t37-,38-,39-/m0/s1.